The number of sulfonamides is 1. The van der Waals surface area contributed by atoms with Crippen molar-refractivity contribution in [2.24, 2.45) is 0 Å². The highest BCUT2D eigenvalue weighted by Gasteiger charge is 2.25. The van der Waals surface area contributed by atoms with Crippen LogP contribution < -0.4 is 14.9 Å². The molecule has 1 amide bonds. The SMILES string of the molecule is CCNS(=O)(=O)c1cc(C(=O)NCCc2ccccc2)ccc1N1CCN(C)CC1. The Labute approximate surface area is 179 Å². The van der Waals surface area contributed by atoms with Crippen LogP contribution in [-0.4, -0.2) is 65.5 Å². The Kier molecular flexibility index (Phi) is 7.47. The van der Waals surface area contributed by atoms with E-state index < -0.39 is 10.0 Å². The van der Waals surface area contributed by atoms with Gasteiger partial charge in [-0.2, -0.15) is 0 Å². The number of hydrogen-bond donors (Lipinski definition) is 2. The maximum atomic E-state index is 12.9. The molecule has 2 aromatic rings. The van der Waals surface area contributed by atoms with E-state index in [0.717, 1.165) is 31.7 Å². The molecule has 0 aromatic heterocycles. The van der Waals surface area contributed by atoms with Crippen molar-refractivity contribution in [2.45, 2.75) is 18.2 Å². The van der Waals surface area contributed by atoms with E-state index in [1.54, 1.807) is 19.1 Å². The predicted octanol–water partition coefficient (Wildman–Crippen LogP) is 1.71. The Bertz CT molecular complexity index is 956. The van der Waals surface area contributed by atoms with E-state index in [9.17, 15) is 13.2 Å². The highest BCUT2D eigenvalue weighted by atomic mass is 32.2. The third-order valence-corrected chi connectivity index (χ3v) is 6.81. The molecular weight excluding hydrogens is 400 g/mol. The first-order valence-electron chi connectivity index (χ1n) is 10.3. The molecule has 162 valence electrons. The van der Waals surface area contributed by atoms with Crippen LogP contribution >= 0.6 is 0 Å². The maximum absolute atomic E-state index is 12.9. The van der Waals surface area contributed by atoms with Crippen molar-refractivity contribution in [1.82, 2.24) is 14.9 Å². The van der Waals surface area contributed by atoms with Gasteiger partial charge in [-0.15, -0.1) is 0 Å². The molecule has 0 unspecified atom stereocenters. The molecule has 0 aliphatic carbocycles. The van der Waals surface area contributed by atoms with Crippen molar-refractivity contribution >= 4 is 21.6 Å². The molecule has 1 aliphatic rings. The summed E-state index contributed by atoms with van der Waals surface area (Å²) in [4.78, 5) is 17.1. The van der Waals surface area contributed by atoms with Gasteiger partial charge in [-0.05, 0) is 37.2 Å². The average Bonchev–Trinajstić information content (AvgIpc) is 2.74. The third kappa shape index (κ3) is 5.59. The Morgan fingerprint density at radius 1 is 1.03 bits per heavy atom. The summed E-state index contributed by atoms with van der Waals surface area (Å²) in [5.74, 6) is -0.274. The quantitative estimate of drug-likeness (QED) is 0.666. The van der Waals surface area contributed by atoms with Crippen molar-refractivity contribution in [2.75, 3.05) is 51.2 Å². The van der Waals surface area contributed by atoms with Gasteiger partial charge in [-0.1, -0.05) is 37.3 Å². The number of amides is 1. The molecule has 0 spiro atoms. The first kappa shape index (κ1) is 22.3. The van der Waals surface area contributed by atoms with Crippen LogP contribution in [0.15, 0.2) is 53.4 Å². The largest absolute Gasteiger partial charge is 0.368 e. The van der Waals surface area contributed by atoms with Gasteiger partial charge in [0.05, 0.1) is 5.69 Å². The summed E-state index contributed by atoms with van der Waals surface area (Å²) in [6, 6.07) is 14.9. The minimum atomic E-state index is -3.71. The number of piperazine rings is 1. The van der Waals surface area contributed by atoms with Crippen molar-refractivity contribution in [1.29, 1.82) is 0 Å². The van der Waals surface area contributed by atoms with E-state index in [2.05, 4.69) is 26.9 Å². The van der Waals surface area contributed by atoms with Gasteiger partial charge in [0.2, 0.25) is 10.0 Å². The van der Waals surface area contributed by atoms with Crippen molar-refractivity contribution in [3.05, 3.63) is 59.7 Å². The van der Waals surface area contributed by atoms with E-state index in [0.29, 0.717) is 24.2 Å². The lowest BCUT2D eigenvalue weighted by Crippen LogP contribution is -2.45. The van der Waals surface area contributed by atoms with Gasteiger partial charge >= 0.3 is 0 Å². The first-order chi connectivity index (χ1) is 14.4. The number of likely N-dealkylation sites (N-methyl/N-ethyl adjacent to an activating group) is 1. The summed E-state index contributed by atoms with van der Waals surface area (Å²) in [5.41, 5.74) is 2.13. The lowest BCUT2D eigenvalue weighted by molar-refractivity contribution is 0.0954. The number of carbonyl (C=O) groups excluding carboxylic acids is 1. The van der Waals surface area contributed by atoms with Crippen LogP contribution in [0.1, 0.15) is 22.8 Å². The summed E-state index contributed by atoms with van der Waals surface area (Å²) >= 11 is 0. The molecule has 1 fully saturated rings. The number of anilines is 1. The fourth-order valence-corrected chi connectivity index (χ4v) is 4.80. The normalized spacial score (nSPS) is 15.2. The second-order valence-corrected chi connectivity index (χ2v) is 9.20. The lowest BCUT2D eigenvalue weighted by atomic mass is 10.1. The Balaban J connectivity index is 1.79. The number of hydrogen-bond acceptors (Lipinski definition) is 5. The molecule has 3 rings (SSSR count). The second kappa shape index (κ2) is 10.1. The van der Waals surface area contributed by atoms with E-state index in [4.69, 9.17) is 0 Å². The molecule has 2 aromatic carbocycles. The van der Waals surface area contributed by atoms with Crippen LogP contribution in [0.25, 0.3) is 0 Å². The zero-order valence-corrected chi connectivity index (χ0v) is 18.4. The Morgan fingerprint density at radius 2 is 1.73 bits per heavy atom. The molecule has 0 bridgehead atoms. The number of carbonyl (C=O) groups is 1. The third-order valence-electron chi connectivity index (χ3n) is 5.23. The van der Waals surface area contributed by atoms with Gasteiger partial charge in [0.25, 0.3) is 5.91 Å². The summed E-state index contributed by atoms with van der Waals surface area (Å²) < 4.78 is 28.3. The van der Waals surface area contributed by atoms with Gasteiger partial charge in [-0.3, -0.25) is 4.79 Å². The molecule has 7 nitrogen and oxygen atoms in total. The molecule has 0 saturated carbocycles. The molecule has 0 radical (unpaired) electrons. The number of nitrogens with zero attached hydrogens (tertiary/aromatic N) is 2. The number of benzene rings is 2. The highest BCUT2D eigenvalue weighted by molar-refractivity contribution is 7.89. The van der Waals surface area contributed by atoms with Gasteiger partial charge in [0.15, 0.2) is 0 Å². The average molecular weight is 431 g/mol. The van der Waals surface area contributed by atoms with E-state index in [-0.39, 0.29) is 17.3 Å². The van der Waals surface area contributed by atoms with Crippen LogP contribution in [0.2, 0.25) is 0 Å². The Hall–Kier alpha value is -2.42. The van der Waals surface area contributed by atoms with E-state index in [1.807, 2.05) is 30.3 Å². The van der Waals surface area contributed by atoms with E-state index in [1.165, 1.54) is 6.07 Å². The molecule has 1 aliphatic heterocycles. The highest BCUT2D eigenvalue weighted by Crippen LogP contribution is 2.27. The first-order valence-corrected chi connectivity index (χ1v) is 11.8. The summed E-state index contributed by atoms with van der Waals surface area (Å²) in [6.45, 7) is 5.73. The predicted molar refractivity (Wildman–Crippen MR) is 119 cm³/mol. The standard InChI is InChI=1S/C22H30N4O3S/c1-3-24-30(28,29)21-17-19(9-10-20(21)26-15-13-25(2)14-16-26)22(27)23-12-11-18-7-5-4-6-8-18/h4-10,17,24H,3,11-16H2,1-2H3,(H,23,27). The zero-order valence-electron chi connectivity index (χ0n) is 17.6. The summed E-state index contributed by atoms with van der Waals surface area (Å²) in [6.07, 6.45) is 0.717. The van der Waals surface area contributed by atoms with Crippen LogP contribution in [0.3, 0.4) is 0 Å². The van der Waals surface area contributed by atoms with Crippen molar-refractivity contribution in [3.63, 3.8) is 0 Å². The molecule has 30 heavy (non-hydrogen) atoms. The molecular formula is C22H30N4O3S. The van der Waals surface area contributed by atoms with Crippen LogP contribution in [0.5, 0.6) is 0 Å². The molecule has 2 N–H and O–H groups in total. The lowest BCUT2D eigenvalue weighted by Gasteiger charge is -2.35. The minimum absolute atomic E-state index is 0.157. The van der Waals surface area contributed by atoms with Gasteiger partial charge in [-0.25, -0.2) is 13.1 Å². The van der Waals surface area contributed by atoms with E-state index >= 15 is 0 Å². The van der Waals surface area contributed by atoms with Gasteiger partial charge < -0.3 is 15.1 Å². The number of nitrogens with one attached hydrogen (secondary N) is 2. The topological polar surface area (TPSA) is 81.7 Å². The number of rotatable bonds is 8. The zero-order chi connectivity index (χ0) is 21.6. The molecule has 0 atom stereocenters. The van der Waals surface area contributed by atoms with Crippen molar-refractivity contribution in [3.8, 4) is 0 Å². The minimum Gasteiger partial charge on any atom is -0.368 e. The van der Waals surface area contributed by atoms with Gasteiger partial charge in [0, 0.05) is 44.8 Å². The van der Waals surface area contributed by atoms with Crippen molar-refractivity contribution < 1.29 is 13.2 Å². The summed E-state index contributed by atoms with van der Waals surface area (Å²) in [7, 11) is -1.66. The smallest absolute Gasteiger partial charge is 0.251 e. The monoisotopic (exact) mass is 430 g/mol. The van der Waals surface area contributed by atoms with Gasteiger partial charge in [0.1, 0.15) is 4.90 Å². The fourth-order valence-electron chi connectivity index (χ4n) is 3.51. The van der Waals surface area contributed by atoms with Crippen LogP contribution in [0.4, 0.5) is 5.69 Å². The van der Waals surface area contributed by atoms with Crippen LogP contribution in [-0.2, 0) is 16.4 Å². The van der Waals surface area contributed by atoms with Crippen LogP contribution in [0, 0.1) is 0 Å². The summed E-state index contributed by atoms with van der Waals surface area (Å²) in [5, 5.41) is 2.89. The maximum Gasteiger partial charge on any atom is 0.251 e. The second-order valence-electron chi connectivity index (χ2n) is 7.47. The molecule has 8 heteroatoms. The molecule has 1 saturated heterocycles. The molecule has 1 heterocycles. The fraction of sp³-hybridized carbons (Fsp3) is 0.409. The Morgan fingerprint density at radius 3 is 2.40 bits per heavy atom.